The smallest absolute Gasteiger partial charge is 0.263 e. The molecule has 0 bridgehead atoms. The van der Waals surface area contributed by atoms with Crippen LogP contribution in [0.4, 0.5) is 10.8 Å². The van der Waals surface area contributed by atoms with Gasteiger partial charge in [-0.15, -0.1) is 10.2 Å². The average Bonchev–Trinajstić information content (AvgIpc) is 3.21. The van der Waals surface area contributed by atoms with Gasteiger partial charge < -0.3 is 5.32 Å². The van der Waals surface area contributed by atoms with Gasteiger partial charge in [-0.2, -0.15) is 5.26 Å². The zero-order chi connectivity index (χ0) is 24.3. The first-order valence-electron chi connectivity index (χ1n) is 10.5. The molecule has 9 nitrogen and oxygen atoms in total. The van der Waals surface area contributed by atoms with E-state index in [4.69, 9.17) is 0 Å². The minimum atomic E-state index is -3.81. The van der Waals surface area contributed by atoms with E-state index in [1.807, 2.05) is 6.07 Å². The minimum absolute atomic E-state index is 0.0407. The predicted octanol–water partition coefficient (Wildman–Crippen LogP) is 3.77. The van der Waals surface area contributed by atoms with Gasteiger partial charge in [0.2, 0.25) is 11.0 Å². The quantitative estimate of drug-likeness (QED) is 0.455. The molecule has 2 N–H and O–H groups in total. The Bertz CT molecular complexity index is 1360. The summed E-state index contributed by atoms with van der Waals surface area (Å²) in [4.78, 5) is 17.1. The van der Waals surface area contributed by atoms with E-state index >= 15 is 0 Å². The van der Waals surface area contributed by atoms with Crippen molar-refractivity contribution >= 4 is 49.8 Å². The van der Waals surface area contributed by atoms with E-state index in [-0.39, 0.29) is 21.7 Å². The summed E-state index contributed by atoms with van der Waals surface area (Å²) in [5.74, 6) is 0.380. The third kappa shape index (κ3) is 5.72. The number of nitriles is 1. The fourth-order valence-electron chi connectivity index (χ4n) is 3.58. The maximum Gasteiger partial charge on any atom is 0.263 e. The van der Waals surface area contributed by atoms with Gasteiger partial charge in [-0.25, -0.2) is 13.4 Å². The lowest BCUT2D eigenvalue weighted by Crippen LogP contribution is -2.16. The molecule has 12 heteroatoms. The van der Waals surface area contributed by atoms with Crippen molar-refractivity contribution in [1.29, 1.82) is 5.26 Å². The normalized spacial score (nSPS) is 15.3. The van der Waals surface area contributed by atoms with Crippen LogP contribution in [0.3, 0.4) is 0 Å². The second-order valence-corrected chi connectivity index (χ2v) is 11.8. The molecule has 3 aromatic rings. The van der Waals surface area contributed by atoms with E-state index in [1.165, 1.54) is 36.0 Å². The lowest BCUT2D eigenvalue weighted by Gasteiger charge is -2.21. The highest BCUT2D eigenvalue weighted by Crippen LogP contribution is 2.29. The number of hydrogen-bond acceptors (Lipinski definition) is 9. The number of thioether (sulfide) groups is 1. The van der Waals surface area contributed by atoms with Crippen molar-refractivity contribution in [3.05, 3.63) is 52.2 Å². The molecule has 1 aliphatic carbocycles. The Kier molecular flexibility index (Phi) is 7.16. The molecule has 0 aliphatic heterocycles. The van der Waals surface area contributed by atoms with Gasteiger partial charge in [0.1, 0.15) is 16.1 Å². The van der Waals surface area contributed by atoms with Crippen LogP contribution in [-0.4, -0.2) is 35.3 Å². The van der Waals surface area contributed by atoms with Gasteiger partial charge in [0.15, 0.2) is 0 Å². The van der Waals surface area contributed by atoms with Gasteiger partial charge in [-0.1, -0.05) is 30.0 Å². The number of fused-ring (bicyclic) bond motifs is 1. The van der Waals surface area contributed by atoms with Crippen LogP contribution in [-0.2, 0) is 27.7 Å². The summed E-state index contributed by atoms with van der Waals surface area (Å²) < 4.78 is 27.4. The van der Waals surface area contributed by atoms with Crippen LogP contribution in [0.1, 0.15) is 35.2 Å². The average molecular weight is 515 g/mol. The van der Waals surface area contributed by atoms with Crippen molar-refractivity contribution < 1.29 is 13.2 Å². The van der Waals surface area contributed by atoms with E-state index < -0.39 is 10.0 Å². The van der Waals surface area contributed by atoms with Crippen molar-refractivity contribution in [2.24, 2.45) is 5.92 Å². The number of pyridine rings is 1. The summed E-state index contributed by atoms with van der Waals surface area (Å²) in [7, 11) is -3.81. The van der Waals surface area contributed by atoms with Crippen molar-refractivity contribution in [1.82, 2.24) is 15.2 Å². The number of anilines is 2. The molecule has 2 aromatic heterocycles. The second-order valence-electron chi connectivity index (χ2n) is 8.00. The fraction of sp³-hybridized carbons (Fsp3) is 0.318. The number of nitrogens with one attached hydrogen (secondary N) is 2. The minimum Gasteiger partial charge on any atom is -0.325 e. The predicted molar refractivity (Wildman–Crippen MR) is 131 cm³/mol. The third-order valence-corrected chi connectivity index (χ3v) is 8.48. The number of hydrogen-bond donors (Lipinski definition) is 2. The van der Waals surface area contributed by atoms with E-state index in [1.54, 1.807) is 6.92 Å². The molecule has 1 amide bonds. The molecular formula is C22H22N6O3S3. The van der Waals surface area contributed by atoms with Crippen LogP contribution in [0.5, 0.6) is 0 Å². The molecule has 1 aliphatic rings. The van der Waals surface area contributed by atoms with Crippen LogP contribution < -0.4 is 10.0 Å². The van der Waals surface area contributed by atoms with E-state index in [9.17, 15) is 18.5 Å². The molecule has 0 saturated heterocycles. The van der Waals surface area contributed by atoms with Crippen molar-refractivity contribution in [2.75, 3.05) is 15.8 Å². The highest BCUT2D eigenvalue weighted by molar-refractivity contribution is 8.00. The molecule has 1 aromatic carbocycles. The van der Waals surface area contributed by atoms with Crippen LogP contribution in [0.2, 0.25) is 0 Å². The van der Waals surface area contributed by atoms with Gasteiger partial charge in [0.25, 0.3) is 10.0 Å². The maximum atomic E-state index is 12.5. The van der Waals surface area contributed by atoms with Crippen molar-refractivity contribution in [3.8, 4) is 6.07 Å². The molecule has 176 valence electrons. The van der Waals surface area contributed by atoms with Crippen LogP contribution in [0.25, 0.3) is 0 Å². The summed E-state index contributed by atoms with van der Waals surface area (Å²) >= 11 is 2.36. The SMILES string of the molecule is Cc1nnc(NS(=O)(=O)c2ccc(NC(=O)CSc3nc4c(cc3C#N)CC(C)CC4)cc2)s1. The third-order valence-electron chi connectivity index (χ3n) is 5.25. The molecular weight excluding hydrogens is 492 g/mol. The lowest BCUT2D eigenvalue weighted by atomic mass is 9.87. The molecule has 2 heterocycles. The van der Waals surface area contributed by atoms with Crippen molar-refractivity contribution in [3.63, 3.8) is 0 Å². The summed E-state index contributed by atoms with van der Waals surface area (Å²) in [6, 6.07) is 9.92. The number of benzene rings is 1. The number of amides is 1. The summed E-state index contributed by atoms with van der Waals surface area (Å²) in [5.41, 5.74) is 3.08. The number of carbonyl (C=O) groups is 1. The van der Waals surface area contributed by atoms with E-state index in [0.717, 1.165) is 41.9 Å². The van der Waals surface area contributed by atoms with Crippen LogP contribution in [0.15, 0.2) is 40.3 Å². The molecule has 1 atom stereocenters. The Morgan fingerprint density at radius 2 is 2.06 bits per heavy atom. The zero-order valence-corrected chi connectivity index (χ0v) is 21.0. The van der Waals surface area contributed by atoms with Crippen LogP contribution in [0, 0.1) is 24.2 Å². The Balaban J connectivity index is 1.37. The molecule has 34 heavy (non-hydrogen) atoms. The summed E-state index contributed by atoms with van der Waals surface area (Å²) in [6.07, 6.45) is 2.87. The highest BCUT2D eigenvalue weighted by Gasteiger charge is 2.20. The van der Waals surface area contributed by atoms with Crippen LogP contribution >= 0.6 is 23.1 Å². The molecule has 0 fully saturated rings. The number of nitrogens with zero attached hydrogens (tertiary/aromatic N) is 4. The molecule has 1 unspecified atom stereocenters. The standard InChI is InChI=1S/C22H22N6O3S3/c1-13-3-8-19-15(9-13)10-16(11-23)21(25-19)32-12-20(29)24-17-4-6-18(7-5-17)34(30,31)28-22-27-26-14(2)33-22/h4-7,10,13H,3,8-9,12H2,1-2H3,(H,24,29)(H,27,28). The number of aryl methyl sites for hydroxylation is 2. The first-order chi connectivity index (χ1) is 16.2. The second kappa shape index (κ2) is 10.1. The first kappa shape index (κ1) is 24.1. The molecule has 0 radical (unpaired) electrons. The summed E-state index contributed by atoms with van der Waals surface area (Å²) in [6.45, 7) is 3.92. The van der Waals surface area contributed by atoms with Gasteiger partial charge in [0, 0.05) is 11.4 Å². The monoisotopic (exact) mass is 514 g/mol. The number of sulfonamides is 1. The number of rotatable bonds is 7. The maximum absolute atomic E-state index is 12.5. The molecule has 0 saturated carbocycles. The van der Waals surface area contributed by atoms with Gasteiger partial charge in [-0.3, -0.25) is 9.52 Å². The van der Waals surface area contributed by atoms with E-state index in [0.29, 0.717) is 27.2 Å². The lowest BCUT2D eigenvalue weighted by molar-refractivity contribution is -0.113. The van der Waals surface area contributed by atoms with Crippen molar-refractivity contribution in [2.45, 2.75) is 43.0 Å². The molecule has 4 rings (SSSR count). The number of carbonyl (C=O) groups excluding carboxylic acids is 1. The Hall–Kier alpha value is -3.01. The number of aromatic nitrogens is 3. The zero-order valence-electron chi connectivity index (χ0n) is 18.5. The molecule has 0 spiro atoms. The largest absolute Gasteiger partial charge is 0.325 e. The Morgan fingerprint density at radius 3 is 2.74 bits per heavy atom. The topological polar surface area (TPSA) is 138 Å². The van der Waals surface area contributed by atoms with Gasteiger partial charge in [-0.05, 0) is 68.0 Å². The fourth-order valence-corrected chi connectivity index (χ4v) is 6.17. The Morgan fingerprint density at radius 1 is 1.29 bits per heavy atom. The Labute approximate surface area is 206 Å². The van der Waals surface area contributed by atoms with E-state index in [2.05, 4.69) is 38.2 Å². The highest BCUT2D eigenvalue weighted by atomic mass is 32.2. The first-order valence-corrected chi connectivity index (χ1v) is 13.8. The van der Waals surface area contributed by atoms with Gasteiger partial charge >= 0.3 is 0 Å². The van der Waals surface area contributed by atoms with Gasteiger partial charge in [0.05, 0.1) is 16.2 Å². The summed E-state index contributed by atoms with van der Waals surface area (Å²) in [5, 5.41) is 21.2.